The lowest BCUT2D eigenvalue weighted by molar-refractivity contribution is 0.655. The van der Waals surface area contributed by atoms with Crippen molar-refractivity contribution in [2.45, 2.75) is 0 Å². The zero-order valence-electron chi connectivity index (χ0n) is 23.3. The average molecular weight is 583 g/mol. The zero-order chi connectivity index (χ0) is 28.8. The Labute approximate surface area is 255 Å². The molecule has 0 N–H and O–H groups in total. The Balaban J connectivity index is 1.20. The van der Waals surface area contributed by atoms with Crippen LogP contribution in [0, 0.1) is 0 Å². The van der Waals surface area contributed by atoms with E-state index in [1.54, 1.807) is 0 Å². The summed E-state index contributed by atoms with van der Waals surface area (Å²) in [5.74, 6) is 0.775. The number of rotatable bonds is 3. The minimum absolute atomic E-state index is 0.616. The van der Waals surface area contributed by atoms with Crippen LogP contribution >= 0.6 is 11.3 Å². The molecular weight excluding hydrogens is 561 g/mol. The molecule has 0 aliphatic heterocycles. The molecule has 0 aliphatic carbocycles. The number of nitrogens with zero attached hydrogens (tertiary/aromatic N) is 2. The molecule has 4 heterocycles. The first-order valence-electron chi connectivity index (χ1n) is 14.6. The van der Waals surface area contributed by atoms with Crippen LogP contribution in [-0.4, -0.2) is 4.98 Å². The van der Waals surface area contributed by atoms with Gasteiger partial charge in [-0.25, -0.2) is 0 Å². The van der Waals surface area contributed by atoms with E-state index in [2.05, 4.69) is 120 Å². The molecule has 0 atom stereocenters. The fourth-order valence-corrected chi connectivity index (χ4v) is 7.72. The molecule has 206 valence electrons. The smallest absolute Gasteiger partial charge is 0.229 e. The van der Waals surface area contributed by atoms with E-state index in [0.717, 1.165) is 60.9 Å². The highest BCUT2D eigenvalue weighted by Crippen LogP contribution is 2.42. The maximum atomic E-state index is 6.39. The molecule has 4 nitrogen and oxygen atoms in total. The second-order valence-corrected chi connectivity index (χ2v) is 12.3. The van der Waals surface area contributed by atoms with Gasteiger partial charge in [-0.3, -0.25) is 4.90 Å². The lowest BCUT2D eigenvalue weighted by Gasteiger charge is -2.24. The highest BCUT2D eigenvalue weighted by atomic mass is 32.1. The fourth-order valence-electron chi connectivity index (χ4n) is 6.58. The number of pyridine rings is 1. The van der Waals surface area contributed by atoms with E-state index in [9.17, 15) is 0 Å². The SMILES string of the molecule is c1ccc2cc3c(cc2c1)oc1nc(N(c2ccc4c(c2)oc2ccccc24)c2ccc4c(c2)sc2ccccc24)ccc13. The Morgan fingerprint density at radius 2 is 1.11 bits per heavy atom. The van der Waals surface area contributed by atoms with Gasteiger partial charge in [0.15, 0.2) is 0 Å². The van der Waals surface area contributed by atoms with Crippen LogP contribution in [0.2, 0.25) is 0 Å². The van der Waals surface area contributed by atoms with Gasteiger partial charge in [-0.15, -0.1) is 11.3 Å². The first-order chi connectivity index (χ1) is 21.8. The largest absolute Gasteiger partial charge is 0.456 e. The maximum absolute atomic E-state index is 6.39. The third-order valence-corrected chi connectivity index (χ3v) is 9.79. The minimum atomic E-state index is 0.616. The normalized spacial score (nSPS) is 12.1. The second-order valence-electron chi connectivity index (χ2n) is 11.2. The highest BCUT2D eigenvalue weighted by molar-refractivity contribution is 7.25. The van der Waals surface area contributed by atoms with Crippen LogP contribution in [0.3, 0.4) is 0 Å². The van der Waals surface area contributed by atoms with Crippen LogP contribution in [0.4, 0.5) is 17.2 Å². The van der Waals surface area contributed by atoms with Gasteiger partial charge < -0.3 is 8.83 Å². The minimum Gasteiger partial charge on any atom is -0.456 e. The Morgan fingerprint density at radius 3 is 2.02 bits per heavy atom. The summed E-state index contributed by atoms with van der Waals surface area (Å²) in [7, 11) is 0. The first kappa shape index (κ1) is 23.9. The summed E-state index contributed by atoms with van der Waals surface area (Å²) >= 11 is 1.81. The highest BCUT2D eigenvalue weighted by Gasteiger charge is 2.20. The fraction of sp³-hybridized carbons (Fsp3) is 0. The molecule has 10 aromatic rings. The Bertz CT molecular complexity index is 2640. The second kappa shape index (κ2) is 8.93. The lowest BCUT2D eigenvalue weighted by atomic mass is 10.1. The van der Waals surface area contributed by atoms with Gasteiger partial charge >= 0.3 is 0 Å². The van der Waals surface area contributed by atoms with E-state index < -0.39 is 0 Å². The molecule has 0 aliphatic rings. The number of aromatic nitrogens is 1. The van der Waals surface area contributed by atoms with E-state index in [1.165, 1.54) is 25.6 Å². The Hall–Kier alpha value is -5.65. The van der Waals surface area contributed by atoms with E-state index in [0.29, 0.717) is 5.71 Å². The third-order valence-electron chi connectivity index (χ3n) is 8.66. The molecule has 0 fully saturated rings. The number of anilines is 3. The first-order valence-corrected chi connectivity index (χ1v) is 15.4. The molecule has 10 rings (SSSR count). The van der Waals surface area contributed by atoms with Crippen LogP contribution < -0.4 is 4.90 Å². The number of para-hydroxylation sites is 1. The van der Waals surface area contributed by atoms with Crippen molar-refractivity contribution < 1.29 is 8.83 Å². The van der Waals surface area contributed by atoms with Crippen molar-refractivity contribution in [3.8, 4) is 0 Å². The molecule has 0 spiro atoms. The van der Waals surface area contributed by atoms with Crippen molar-refractivity contribution in [2.24, 2.45) is 0 Å². The van der Waals surface area contributed by atoms with Crippen molar-refractivity contribution in [2.75, 3.05) is 4.90 Å². The summed E-state index contributed by atoms with van der Waals surface area (Å²) in [6, 6.07) is 46.7. The number of benzene rings is 6. The predicted molar refractivity (Wildman–Crippen MR) is 184 cm³/mol. The molecule has 5 heteroatoms. The number of hydrogen-bond donors (Lipinski definition) is 0. The van der Waals surface area contributed by atoms with Crippen molar-refractivity contribution in [3.05, 3.63) is 133 Å². The quantitative estimate of drug-likeness (QED) is 0.208. The van der Waals surface area contributed by atoms with Gasteiger partial charge in [-0.1, -0.05) is 66.7 Å². The number of thiophene rings is 1. The van der Waals surface area contributed by atoms with Gasteiger partial charge in [0.25, 0.3) is 0 Å². The van der Waals surface area contributed by atoms with Crippen molar-refractivity contribution in [1.29, 1.82) is 0 Å². The number of fused-ring (bicyclic) bond motifs is 10. The van der Waals surface area contributed by atoms with Gasteiger partial charge in [0.05, 0.1) is 5.69 Å². The summed E-state index contributed by atoms with van der Waals surface area (Å²) in [6.45, 7) is 0. The molecule has 6 aromatic carbocycles. The van der Waals surface area contributed by atoms with Gasteiger partial charge in [-0.05, 0) is 71.4 Å². The molecule has 0 bridgehead atoms. The molecular formula is C39H22N2O2S. The van der Waals surface area contributed by atoms with Crippen molar-refractivity contribution >= 4 is 103 Å². The number of furan rings is 2. The van der Waals surface area contributed by atoms with E-state index in [-0.39, 0.29) is 0 Å². The molecule has 4 aromatic heterocycles. The predicted octanol–water partition coefficient (Wildman–Crippen LogP) is 11.9. The zero-order valence-corrected chi connectivity index (χ0v) is 24.1. The topological polar surface area (TPSA) is 42.4 Å². The molecule has 0 saturated carbocycles. The molecule has 0 radical (unpaired) electrons. The molecule has 0 saturated heterocycles. The van der Waals surface area contributed by atoms with Crippen molar-refractivity contribution in [1.82, 2.24) is 4.98 Å². The lowest BCUT2D eigenvalue weighted by Crippen LogP contribution is -2.11. The van der Waals surface area contributed by atoms with Gasteiger partial charge in [0, 0.05) is 53.5 Å². The molecule has 0 amide bonds. The van der Waals surface area contributed by atoms with Crippen molar-refractivity contribution in [3.63, 3.8) is 0 Å². The monoisotopic (exact) mass is 582 g/mol. The van der Waals surface area contributed by atoms with Crippen LogP contribution in [0.1, 0.15) is 0 Å². The molecule has 0 unspecified atom stereocenters. The average Bonchev–Trinajstić information content (AvgIpc) is 3.73. The summed E-state index contributed by atoms with van der Waals surface area (Å²) in [6.07, 6.45) is 0. The van der Waals surface area contributed by atoms with Crippen LogP contribution in [0.15, 0.2) is 142 Å². The van der Waals surface area contributed by atoms with Crippen LogP contribution in [0.5, 0.6) is 0 Å². The summed E-state index contributed by atoms with van der Waals surface area (Å²) < 4.78 is 15.2. The van der Waals surface area contributed by atoms with Gasteiger partial charge in [0.1, 0.15) is 22.6 Å². The number of hydrogen-bond acceptors (Lipinski definition) is 5. The summed E-state index contributed by atoms with van der Waals surface area (Å²) in [5, 5.41) is 9.15. The summed E-state index contributed by atoms with van der Waals surface area (Å²) in [4.78, 5) is 7.33. The van der Waals surface area contributed by atoms with E-state index >= 15 is 0 Å². The van der Waals surface area contributed by atoms with Gasteiger partial charge in [-0.2, -0.15) is 4.98 Å². The van der Waals surface area contributed by atoms with E-state index in [1.807, 2.05) is 29.5 Å². The third kappa shape index (κ3) is 3.47. The Kier molecular flexibility index (Phi) is 4.84. The van der Waals surface area contributed by atoms with Gasteiger partial charge in [0.2, 0.25) is 5.71 Å². The van der Waals surface area contributed by atoms with Crippen LogP contribution in [-0.2, 0) is 0 Å². The van der Waals surface area contributed by atoms with E-state index in [4.69, 9.17) is 13.8 Å². The van der Waals surface area contributed by atoms with Crippen LogP contribution in [0.25, 0.3) is 75.0 Å². The Morgan fingerprint density at radius 1 is 0.455 bits per heavy atom. The maximum Gasteiger partial charge on any atom is 0.229 e. The molecule has 44 heavy (non-hydrogen) atoms. The standard InChI is InChI=1S/C39H22N2O2S/c1-2-8-24-20-34-32(19-23(24)7-1)31-17-18-38(40-39(31)43-34)41(25-13-15-28-27-9-3-5-11-33(27)42-35(28)21-25)26-14-16-30-29-10-4-6-12-36(29)44-37(30)22-26/h1-22H. The summed E-state index contributed by atoms with van der Waals surface area (Å²) in [5.41, 5.74) is 5.16.